The number of nitrogen functional groups attached to an aromatic ring is 1. The number of aromatic nitrogens is 1. The van der Waals surface area contributed by atoms with E-state index in [2.05, 4.69) is 20.3 Å². The summed E-state index contributed by atoms with van der Waals surface area (Å²) in [4.78, 5) is 59.9. The first kappa shape index (κ1) is 29.1. The third-order valence-corrected chi connectivity index (χ3v) is 10.0. The number of rotatable bonds is 9. The summed E-state index contributed by atoms with van der Waals surface area (Å²) < 4.78 is 13.9. The molecular formula is C24H17ClFN5O6S4. The lowest BCUT2D eigenvalue weighted by atomic mass is 10.0. The lowest BCUT2D eigenvalue weighted by Crippen LogP contribution is -2.71. The number of carbonyl (C=O) groups is 3. The summed E-state index contributed by atoms with van der Waals surface area (Å²) in [6.07, 6.45) is 1.58. The van der Waals surface area contributed by atoms with Gasteiger partial charge in [0, 0.05) is 32.3 Å². The summed E-state index contributed by atoms with van der Waals surface area (Å²) in [7, 11) is 0. The monoisotopic (exact) mass is 653 g/mol. The number of carboxylic acid groups (broad SMARTS) is 1. The van der Waals surface area contributed by atoms with Crippen LogP contribution < -0.4 is 16.5 Å². The van der Waals surface area contributed by atoms with Crippen LogP contribution in [0.4, 0.5) is 9.52 Å². The van der Waals surface area contributed by atoms with E-state index in [4.69, 9.17) is 17.3 Å². The largest absolute Gasteiger partial charge is 0.477 e. The van der Waals surface area contributed by atoms with Gasteiger partial charge in [0.25, 0.3) is 18.7 Å². The first-order valence-electron chi connectivity index (χ1n) is 11.4. The van der Waals surface area contributed by atoms with Crippen LogP contribution in [0.5, 0.6) is 0 Å². The number of aliphatic carboxylic acids is 1. The molecule has 2 aliphatic rings. The van der Waals surface area contributed by atoms with Gasteiger partial charge in [-0.05, 0) is 35.3 Å². The molecule has 0 saturated carbocycles. The quantitative estimate of drug-likeness (QED) is 0.134. The number of thiazole rings is 1. The number of nitrogens with one attached hydrogen (secondary N) is 1. The molecule has 2 aliphatic heterocycles. The fraction of sp³-hybridized carbons (Fsp3) is 0.167. The second kappa shape index (κ2) is 12.2. The van der Waals surface area contributed by atoms with Crippen molar-refractivity contribution in [1.82, 2.24) is 15.2 Å². The molecule has 2 amide bonds. The molecular weight excluding hydrogens is 637 g/mol. The summed E-state index contributed by atoms with van der Waals surface area (Å²) in [5.74, 6) is -2.57. The van der Waals surface area contributed by atoms with Crippen molar-refractivity contribution in [3.63, 3.8) is 0 Å². The zero-order valence-electron chi connectivity index (χ0n) is 20.4. The van der Waals surface area contributed by atoms with E-state index in [1.54, 1.807) is 29.7 Å². The number of alkyl halides is 1. The van der Waals surface area contributed by atoms with Gasteiger partial charge >= 0.3 is 5.97 Å². The molecule has 4 N–H and O–H groups in total. The van der Waals surface area contributed by atoms with Crippen LogP contribution in [0.3, 0.4) is 0 Å². The lowest BCUT2D eigenvalue weighted by molar-refractivity contribution is -0.150. The number of hydrogen-bond donors (Lipinski definition) is 3. The molecule has 2 atom stereocenters. The maximum Gasteiger partial charge on any atom is 0.352 e. The van der Waals surface area contributed by atoms with E-state index in [0.29, 0.717) is 20.2 Å². The second-order valence-corrected chi connectivity index (χ2v) is 13.0. The molecule has 0 spiro atoms. The van der Waals surface area contributed by atoms with Gasteiger partial charge in [0.05, 0.1) is 4.21 Å². The van der Waals surface area contributed by atoms with Crippen molar-refractivity contribution < 1.29 is 28.7 Å². The van der Waals surface area contributed by atoms with Crippen LogP contribution in [0.25, 0.3) is 10.1 Å². The van der Waals surface area contributed by atoms with Crippen LogP contribution in [-0.2, 0) is 19.2 Å². The van der Waals surface area contributed by atoms with E-state index < -0.39 is 36.1 Å². The Morgan fingerprint density at radius 2 is 2.17 bits per heavy atom. The topological polar surface area (TPSA) is 164 Å². The molecule has 2 aromatic heterocycles. The van der Waals surface area contributed by atoms with E-state index in [9.17, 15) is 28.7 Å². The maximum absolute atomic E-state index is 13.0. The van der Waals surface area contributed by atoms with Crippen molar-refractivity contribution in [3.05, 3.63) is 73.3 Å². The average molecular weight is 654 g/mol. The summed E-state index contributed by atoms with van der Waals surface area (Å²) in [6, 6.07) is 5.46. The van der Waals surface area contributed by atoms with Crippen molar-refractivity contribution in [2.45, 2.75) is 15.6 Å². The van der Waals surface area contributed by atoms with E-state index in [-0.39, 0.29) is 33.4 Å². The van der Waals surface area contributed by atoms with Crippen LogP contribution >= 0.6 is 57.8 Å². The highest BCUT2D eigenvalue weighted by molar-refractivity contribution is 8.04. The minimum atomic E-state index is -1.31. The number of nitrogens with zero attached hydrogens (tertiary/aromatic N) is 3. The van der Waals surface area contributed by atoms with Gasteiger partial charge in [-0.2, -0.15) is 0 Å². The summed E-state index contributed by atoms with van der Waals surface area (Å²) in [5, 5.41) is 19.5. The second-order valence-electron chi connectivity index (χ2n) is 8.28. The molecule has 1 aromatic carbocycles. The van der Waals surface area contributed by atoms with Gasteiger partial charge < -0.3 is 21.0 Å². The lowest BCUT2D eigenvalue weighted by Gasteiger charge is -2.49. The average Bonchev–Trinajstić information content (AvgIpc) is 3.36. The van der Waals surface area contributed by atoms with Crippen LogP contribution in [0.1, 0.15) is 5.69 Å². The Morgan fingerprint density at radius 3 is 2.88 bits per heavy atom. The number of anilines is 1. The van der Waals surface area contributed by atoms with Gasteiger partial charge in [0.15, 0.2) is 16.3 Å². The van der Waals surface area contributed by atoms with Crippen LogP contribution in [-0.4, -0.2) is 62.5 Å². The van der Waals surface area contributed by atoms with Gasteiger partial charge in [0.1, 0.15) is 22.8 Å². The normalized spacial score (nSPS) is 18.9. The summed E-state index contributed by atoms with van der Waals surface area (Å²) in [6.45, 7) is -1.29. The van der Waals surface area contributed by atoms with Crippen LogP contribution in [0.15, 0.2) is 66.6 Å². The molecule has 1 saturated heterocycles. The van der Waals surface area contributed by atoms with E-state index in [1.165, 1.54) is 46.3 Å². The molecule has 1 unspecified atom stereocenters. The van der Waals surface area contributed by atoms with E-state index in [1.807, 2.05) is 0 Å². The first-order chi connectivity index (χ1) is 19.7. The van der Waals surface area contributed by atoms with Gasteiger partial charge in [-0.25, -0.2) is 14.2 Å². The van der Waals surface area contributed by atoms with Crippen molar-refractivity contribution >= 4 is 96.5 Å². The molecule has 212 valence electrons. The van der Waals surface area contributed by atoms with Crippen molar-refractivity contribution in [3.8, 4) is 0 Å². The molecule has 41 heavy (non-hydrogen) atoms. The minimum Gasteiger partial charge on any atom is -0.477 e. The van der Waals surface area contributed by atoms with Gasteiger partial charge in [-0.1, -0.05) is 28.5 Å². The molecule has 1 fully saturated rings. The molecule has 11 nitrogen and oxygen atoms in total. The molecule has 0 aliphatic carbocycles. The Labute approximate surface area is 251 Å². The number of amides is 2. The van der Waals surface area contributed by atoms with E-state index in [0.717, 1.165) is 20.9 Å². The van der Waals surface area contributed by atoms with Crippen molar-refractivity contribution in [2.75, 3.05) is 18.3 Å². The zero-order valence-corrected chi connectivity index (χ0v) is 24.4. The zero-order chi connectivity index (χ0) is 29.3. The number of halogens is 2. The van der Waals surface area contributed by atoms with Crippen LogP contribution in [0, 0.1) is 0 Å². The molecule has 5 rings (SSSR count). The maximum atomic E-state index is 13.0. The molecule has 4 heterocycles. The van der Waals surface area contributed by atoms with Gasteiger partial charge in [-0.3, -0.25) is 19.3 Å². The molecule has 3 aromatic rings. The molecule has 0 bridgehead atoms. The summed E-state index contributed by atoms with van der Waals surface area (Å²) in [5.41, 5.74) is 5.29. The standard InChI is InChI=1S/C24H17ClFN5O6S4/c25-11-1-2-12-14(32)6-16(41-15(12)5-11)38-4-3-10-7-39-22-18(21(34)31(22)19(10)23(35)36)29-20(33)17(30-37-9-26)13-8-40-24(27)28-13/h1-6,8,18,22H,7,9H2,(H2,27,28)(H,29,33)(H,35,36)/t18?,22-/m0/s1. The minimum absolute atomic E-state index is 0.0361. The number of fused-ring (bicyclic) bond motifs is 2. The number of hydrogen-bond acceptors (Lipinski definition) is 12. The highest BCUT2D eigenvalue weighted by Crippen LogP contribution is 2.41. The third kappa shape index (κ3) is 5.97. The Kier molecular flexibility index (Phi) is 8.65. The van der Waals surface area contributed by atoms with Crippen molar-refractivity contribution in [2.24, 2.45) is 5.16 Å². The fourth-order valence-corrected chi connectivity index (χ4v) is 8.14. The number of carbonyl (C=O) groups excluding carboxylic acids is 2. The van der Waals surface area contributed by atoms with Crippen LogP contribution in [0.2, 0.25) is 5.02 Å². The Bertz CT molecular complexity index is 1720. The van der Waals surface area contributed by atoms with E-state index >= 15 is 0 Å². The number of carboxylic acids is 1. The number of allylic oxidation sites excluding steroid dienone is 1. The predicted molar refractivity (Wildman–Crippen MR) is 158 cm³/mol. The Balaban J connectivity index is 1.32. The predicted octanol–water partition coefficient (Wildman–Crippen LogP) is 3.65. The number of β-lactam (4-membered cyclic amide) rings is 1. The first-order valence-corrected chi connectivity index (χ1v) is 15.4. The Morgan fingerprint density at radius 1 is 1.37 bits per heavy atom. The molecule has 0 radical (unpaired) electrons. The fourth-order valence-electron chi connectivity index (χ4n) is 4.02. The SMILES string of the molecule is Nc1nc(C(=NOCF)C(=O)NC2C(=O)N3C(C(=O)O)=C(C=CSc4cc(=O)c5ccc(Cl)cc5s4)CS[C@@H]23)cs1. The smallest absolute Gasteiger partial charge is 0.352 e. The molecule has 17 heteroatoms. The number of oxime groups is 1. The van der Waals surface area contributed by atoms with Gasteiger partial charge in [0.2, 0.25) is 0 Å². The highest BCUT2D eigenvalue weighted by atomic mass is 35.5. The third-order valence-electron chi connectivity index (χ3n) is 5.79. The Hall–Kier alpha value is -3.44. The van der Waals surface area contributed by atoms with Crippen molar-refractivity contribution in [1.29, 1.82) is 0 Å². The highest BCUT2D eigenvalue weighted by Gasteiger charge is 2.54. The number of thioether (sulfide) groups is 2. The van der Waals surface area contributed by atoms with Gasteiger partial charge in [-0.15, -0.1) is 34.4 Å². The summed E-state index contributed by atoms with van der Waals surface area (Å²) >= 11 is 10.9. The number of benzene rings is 1. The number of nitrogens with two attached hydrogens (primary N) is 1.